The number of halogens is 1. The van der Waals surface area contributed by atoms with Crippen LogP contribution >= 0.6 is 11.8 Å². The molecule has 0 bridgehead atoms. The van der Waals surface area contributed by atoms with Crippen LogP contribution in [0.1, 0.15) is 26.3 Å². The van der Waals surface area contributed by atoms with Crippen molar-refractivity contribution in [1.82, 2.24) is 0 Å². The first kappa shape index (κ1) is 17.2. The third-order valence-corrected chi connectivity index (χ3v) is 2.56. The molecule has 0 saturated carbocycles. The molecule has 74 valence electrons. The van der Waals surface area contributed by atoms with Crippen LogP contribution in [0.2, 0.25) is 0 Å². The summed E-state index contributed by atoms with van der Waals surface area (Å²) in [6.45, 7) is 6.65. The summed E-state index contributed by atoms with van der Waals surface area (Å²) >= 11 is 1.73. The summed E-state index contributed by atoms with van der Waals surface area (Å²) < 4.78 is 0. The van der Waals surface area contributed by atoms with Crippen LogP contribution in [0.5, 0.6) is 0 Å². The van der Waals surface area contributed by atoms with E-state index in [1.807, 2.05) is 0 Å². The predicted octanol–water partition coefficient (Wildman–Crippen LogP) is 0.129. The molecule has 0 saturated heterocycles. The molecule has 0 amide bonds. The van der Waals surface area contributed by atoms with E-state index < -0.39 is 0 Å². The summed E-state index contributed by atoms with van der Waals surface area (Å²) in [4.78, 5) is 1.21. The molecule has 14 heavy (non-hydrogen) atoms. The van der Waals surface area contributed by atoms with Crippen LogP contribution in [-0.2, 0) is 5.41 Å². The Morgan fingerprint density at radius 3 is 2.07 bits per heavy atom. The minimum atomic E-state index is 0. The quantitative estimate of drug-likeness (QED) is 0.401. The molecule has 0 unspecified atom stereocenters. The first-order valence-corrected chi connectivity index (χ1v) is 5.33. The topological polar surface area (TPSA) is 0 Å². The van der Waals surface area contributed by atoms with Crippen molar-refractivity contribution in [3.8, 4) is 0 Å². The van der Waals surface area contributed by atoms with Gasteiger partial charge in [-0.3, -0.25) is 0 Å². The maximum atomic E-state index is 3.26. The van der Waals surface area contributed by atoms with Crippen LogP contribution in [0.3, 0.4) is 0 Å². The minimum absolute atomic E-state index is 0. The van der Waals surface area contributed by atoms with Crippen molar-refractivity contribution in [3.63, 3.8) is 0 Å². The van der Waals surface area contributed by atoms with Gasteiger partial charge in [0.2, 0.25) is 0 Å². The van der Waals surface area contributed by atoms with Gasteiger partial charge in [0.05, 0.1) is 0 Å². The van der Waals surface area contributed by atoms with Crippen molar-refractivity contribution in [2.24, 2.45) is 0 Å². The van der Waals surface area contributed by atoms with Crippen LogP contribution in [-0.4, -0.2) is 29.3 Å². The second kappa shape index (κ2) is 7.15. The SMILES string of the molecule is CSc1[c-]cc(C(C)(C)C)cc1.[Br-].[Mg+2]. The van der Waals surface area contributed by atoms with Gasteiger partial charge in [0.15, 0.2) is 0 Å². The standard InChI is InChI=1S/C11H15S.BrH.Mg/c1-11(2,3)9-5-7-10(12-4)8-6-9;;/h5-7H,1-4H3;1H;/q-1;;+2/p-1. The third-order valence-electron chi connectivity index (χ3n) is 1.87. The van der Waals surface area contributed by atoms with Crippen molar-refractivity contribution < 1.29 is 17.0 Å². The van der Waals surface area contributed by atoms with Crippen molar-refractivity contribution in [3.05, 3.63) is 29.8 Å². The zero-order chi connectivity index (χ0) is 9.19. The molecule has 0 aromatic heterocycles. The Hall–Kier alpha value is 0.816. The molecule has 1 aromatic carbocycles. The van der Waals surface area contributed by atoms with Crippen LogP contribution in [0.15, 0.2) is 23.1 Å². The molecule has 0 N–H and O–H groups in total. The Balaban J connectivity index is 0. The normalized spacial score (nSPS) is 10.0. The number of benzene rings is 1. The number of hydrogen-bond donors (Lipinski definition) is 0. The molecule has 0 fully saturated rings. The van der Waals surface area contributed by atoms with Gasteiger partial charge in [-0.15, -0.1) is 4.90 Å². The molecule has 0 atom stereocenters. The monoisotopic (exact) mass is 282 g/mol. The second-order valence-corrected chi connectivity index (χ2v) is 4.74. The van der Waals surface area contributed by atoms with Gasteiger partial charge in [0.1, 0.15) is 0 Å². The van der Waals surface area contributed by atoms with Gasteiger partial charge in [-0.25, -0.2) is 0 Å². The van der Waals surface area contributed by atoms with E-state index in [9.17, 15) is 0 Å². The molecule has 0 spiro atoms. The largest absolute Gasteiger partial charge is 2.00 e. The molecule has 0 radical (unpaired) electrons. The Bertz CT molecular complexity index is 251. The molecule has 0 aliphatic carbocycles. The summed E-state index contributed by atoms with van der Waals surface area (Å²) in [5.41, 5.74) is 1.59. The first-order chi connectivity index (χ1) is 5.54. The van der Waals surface area contributed by atoms with E-state index in [4.69, 9.17) is 0 Å². The molecule has 1 aromatic rings. The van der Waals surface area contributed by atoms with Crippen LogP contribution < -0.4 is 17.0 Å². The van der Waals surface area contributed by atoms with E-state index in [0.717, 1.165) is 0 Å². The fourth-order valence-electron chi connectivity index (χ4n) is 1.00. The second-order valence-electron chi connectivity index (χ2n) is 3.90. The van der Waals surface area contributed by atoms with E-state index in [1.165, 1.54) is 10.5 Å². The van der Waals surface area contributed by atoms with Gasteiger partial charge in [-0.05, 0) is 6.26 Å². The first-order valence-electron chi connectivity index (χ1n) is 4.10. The van der Waals surface area contributed by atoms with Gasteiger partial charge in [-0.2, -0.15) is 41.6 Å². The average Bonchev–Trinajstić information content (AvgIpc) is 2.03. The van der Waals surface area contributed by atoms with Crippen LogP contribution in [0.25, 0.3) is 0 Å². The third kappa shape index (κ3) is 5.05. The Morgan fingerprint density at radius 1 is 1.21 bits per heavy atom. The Labute approximate surface area is 118 Å². The Morgan fingerprint density at radius 2 is 1.79 bits per heavy atom. The van der Waals surface area contributed by atoms with Gasteiger partial charge < -0.3 is 17.0 Å². The molecule has 0 aliphatic rings. The summed E-state index contributed by atoms with van der Waals surface area (Å²) in [7, 11) is 0. The minimum Gasteiger partial charge on any atom is -1.00 e. The Kier molecular flexibility index (Phi) is 8.79. The molecule has 0 heterocycles. The molecular formula is C11H15BrMgS. The van der Waals surface area contributed by atoms with Crippen molar-refractivity contribution in [1.29, 1.82) is 0 Å². The zero-order valence-corrected chi connectivity index (χ0v) is 13.0. The summed E-state index contributed by atoms with van der Waals surface area (Å²) in [5, 5.41) is 0. The predicted molar refractivity (Wildman–Crippen MR) is 61.5 cm³/mol. The summed E-state index contributed by atoms with van der Waals surface area (Å²) in [6, 6.07) is 9.66. The van der Waals surface area contributed by atoms with E-state index in [2.05, 4.69) is 51.3 Å². The van der Waals surface area contributed by atoms with Crippen LogP contribution in [0, 0.1) is 6.07 Å². The fraction of sp³-hybridized carbons (Fsp3) is 0.455. The number of thioether (sulfide) groups is 1. The molecule has 0 aliphatic heterocycles. The number of hydrogen-bond acceptors (Lipinski definition) is 1. The van der Waals surface area contributed by atoms with Crippen molar-refractivity contribution in [2.45, 2.75) is 31.1 Å². The van der Waals surface area contributed by atoms with E-state index in [-0.39, 0.29) is 45.4 Å². The molecular weight excluding hydrogens is 268 g/mol. The maximum absolute atomic E-state index is 3.26. The smallest absolute Gasteiger partial charge is 1.00 e. The molecule has 0 nitrogen and oxygen atoms in total. The summed E-state index contributed by atoms with van der Waals surface area (Å²) in [5.74, 6) is 0. The summed E-state index contributed by atoms with van der Waals surface area (Å²) in [6.07, 6.45) is 2.07. The van der Waals surface area contributed by atoms with Gasteiger partial charge in [0, 0.05) is 0 Å². The maximum Gasteiger partial charge on any atom is 2.00 e. The molecule has 1 rings (SSSR count). The van der Waals surface area contributed by atoms with Gasteiger partial charge >= 0.3 is 23.1 Å². The van der Waals surface area contributed by atoms with E-state index >= 15 is 0 Å². The van der Waals surface area contributed by atoms with Gasteiger partial charge in [0.25, 0.3) is 0 Å². The van der Waals surface area contributed by atoms with E-state index in [0.29, 0.717) is 0 Å². The van der Waals surface area contributed by atoms with Gasteiger partial charge in [-0.1, -0.05) is 26.2 Å². The van der Waals surface area contributed by atoms with Crippen LogP contribution in [0.4, 0.5) is 0 Å². The number of rotatable bonds is 1. The van der Waals surface area contributed by atoms with Crippen molar-refractivity contribution in [2.75, 3.05) is 6.26 Å². The molecule has 3 heteroatoms. The van der Waals surface area contributed by atoms with Crippen molar-refractivity contribution >= 4 is 34.8 Å². The fourth-order valence-corrected chi connectivity index (χ4v) is 1.38. The zero-order valence-electron chi connectivity index (χ0n) is 9.23. The van der Waals surface area contributed by atoms with E-state index in [1.54, 1.807) is 11.8 Å². The average molecular weight is 284 g/mol.